The van der Waals surface area contributed by atoms with Crippen molar-refractivity contribution in [1.29, 1.82) is 0 Å². The van der Waals surface area contributed by atoms with E-state index in [0.717, 1.165) is 0 Å². The average molecular weight is 536 g/mol. The van der Waals surface area contributed by atoms with Crippen LogP contribution in [0.15, 0.2) is 35.3 Å². The minimum Gasteiger partial charge on any atom is -0.480 e. The van der Waals surface area contributed by atoms with Gasteiger partial charge in [-0.05, 0) is 31.2 Å². The molecular formula is C25H25N7O7. The second kappa shape index (κ2) is 9.54. The van der Waals surface area contributed by atoms with Gasteiger partial charge < -0.3 is 34.7 Å². The highest BCUT2D eigenvalue weighted by Gasteiger charge is 2.36. The van der Waals surface area contributed by atoms with E-state index < -0.39 is 17.5 Å². The average Bonchev–Trinajstić information content (AvgIpc) is 3.27. The van der Waals surface area contributed by atoms with Crippen LogP contribution in [0.2, 0.25) is 0 Å². The van der Waals surface area contributed by atoms with Crippen molar-refractivity contribution in [2.45, 2.75) is 25.6 Å². The number of carboxylic acids is 1. The molecule has 2 saturated heterocycles. The zero-order chi connectivity index (χ0) is 27.3. The van der Waals surface area contributed by atoms with Crippen LogP contribution in [0.5, 0.6) is 5.75 Å². The Bertz CT molecular complexity index is 1570. The fourth-order valence-corrected chi connectivity index (χ4v) is 4.84. The fourth-order valence-electron chi connectivity index (χ4n) is 4.84. The van der Waals surface area contributed by atoms with E-state index in [9.17, 15) is 24.3 Å². The second-order valence-corrected chi connectivity index (χ2v) is 9.48. The second-order valence-electron chi connectivity index (χ2n) is 9.48. The van der Waals surface area contributed by atoms with Crippen LogP contribution in [-0.4, -0.2) is 82.5 Å². The van der Waals surface area contributed by atoms with Gasteiger partial charge in [0.1, 0.15) is 29.0 Å². The number of hydrogen-bond donors (Lipinski definition) is 3. The van der Waals surface area contributed by atoms with Gasteiger partial charge in [-0.1, -0.05) is 0 Å². The molecule has 0 saturated carbocycles. The minimum absolute atomic E-state index is 0.0729. The number of aromatic carboxylic acids is 1. The van der Waals surface area contributed by atoms with Crippen molar-refractivity contribution in [2.75, 3.05) is 47.9 Å². The molecule has 3 N–H and O–H groups in total. The Labute approximate surface area is 221 Å². The van der Waals surface area contributed by atoms with Crippen molar-refractivity contribution >= 4 is 46.5 Å². The highest BCUT2D eigenvalue weighted by atomic mass is 16.6. The number of hydrogen-bond acceptors (Lipinski definition) is 10. The first-order valence-electron chi connectivity index (χ1n) is 12.5. The highest BCUT2D eigenvalue weighted by molar-refractivity contribution is 5.95. The van der Waals surface area contributed by atoms with Crippen molar-refractivity contribution < 1.29 is 29.0 Å². The number of aromatic nitrogens is 3. The summed E-state index contributed by atoms with van der Waals surface area (Å²) in [6, 6.07) is 6.80. The number of anilines is 3. The number of carboxylic acid groups (broad SMARTS) is 1. The Morgan fingerprint density at radius 1 is 1.13 bits per heavy atom. The number of aryl methyl sites for hydroxylation is 1. The molecule has 2 amide bonds. The topological polar surface area (TPSA) is 168 Å². The third-order valence-electron chi connectivity index (χ3n) is 6.93. The van der Waals surface area contributed by atoms with Gasteiger partial charge in [-0.15, -0.1) is 0 Å². The quantitative estimate of drug-likeness (QED) is 0.388. The number of cyclic esters (lactones) is 1. The molecule has 1 atom stereocenters. The third-order valence-corrected chi connectivity index (χ3v) is 6.93. The van der Waals surface area contributed by atoms with Crippen molar-refractivity contribution in [3.63, 3.8) is 0 Å². The van der Waals surface area contributed by atoms with Gasteiger partial charge in [0, 0.05) is 38.4 Å². The van der Waals surface area contributed by atoms with Gasteiger partial charge in [-0.2, -0.15) is 0 Å². The highest BCUT2D eigenvalue weighted by Crippen LogP contribution is 2.30. The molecule has 0 spiro atoms. The molecule has 14 heteroatoms. The van der Waals surface area contributed by atoms with E-state index in [1.165, 1.54) is 11.1 Å². The number of pyridine rings is 3. The molecule has 0 bridgehead atoms. The third kappa shape index (κ3) is 4.48. The van der Waals surface area contributed by atoms with Crippen LogP contribution in [0.1, 0.15) is 17.3 Å². The van der Waals surface area contributed by atoms with E-state index in [4.69, 9.17) is 9.47 Å². The number of fused-ring (bicyclic) bond motifs is 2. The van der Waals surface area contributed by atoms with E-state index in [1.807, 2.05) is 11.8 Å². The maximum atomic E-state index is 12.6. The number of carbonyl (C=O) groups is 3. The van der Waals surface area contributed by atoms with Crippen molar-refractivity contribution in [3.05, 3.63) is 46.2 Å². The number of ether oxygens (including phenoxy) is 2. The summed E-state index contributed by atoms with van der Waals surface area (Å²) >= 11 is 0. The maximum absolute atomic E-state index is 12.6. The molecule has 202 valence electrons. The molecule has 3 aromatic heterocycles. The van der Waals surface area contributed by atoms with Gasteiger partial charge in [-0.3, -0.25) is 14.5 Å². The first kappa shape index (κ1) is 24.6. The van der Waals surface area contributed by atoms with Crippen LogP contribution in [0.25, 0.3) is 11.0 Å². The van der Waals surface area contributed by atoms with E-state index in [-0.39, 0.29) is 41.4 Å². The summed E-state index contributed by atoms with van der Waals surface area (Å²) < 4.78 is 12.5. The Kier molecular flexibility index (Phi) is 6.02. The fraction of sp³-hybridized carbons (Fsp3) is 0.360. The van der Waals surface area contributed by atoms with Gasteiger partial charge in [-0.25, -0.2) is 19.6 Å². The maximum Gasteiger partial charge on any atom is 0.416 e. The minimum atomic E-state index is -1.26. The van der Waals surface area contributed by atoms with Gasteiger partial charge in [0.15, 0.2) is 18.2 Å². The van der Waals surface area contributed by atoms with Crippen molar-refractivity contribution in [2.24, 2.45) is 0 Å². The number of carbonyl (C=O) groups excluding carboxylic acids is 2. The number of nitrogens with zero attached hydrogens (tertiary/aromatic N) is 5. The largest absolute Gasteiger partial charge is 0.480 e. The summed E-state index contributed by atoms with van der Waals surface area (Å²) in [7, 11) is 0. The summed E-state index contributed by atoms with van der Waals surface area (Å²) in [6.45, 7) is 4.34. The molecule has 3 aromatic rings. The Morgan fingerprint density at radius 3 is 2.69 bits per heavy atom. The molecule has 3 aliphatic heterocycles. The normalized spacial score (nSPS) is 18.8. The van der Waals surface area contributed by atoms with E-state index in [1.54, 1.807) is 28.8 Å². The first-order valence-corrected chi connectivity index (χ1v) is 12.5. The predicted octanol–water partition coefficient (Wildman–Crippen LogP) is 0.644. The van der Waals surface area contributed by atoms with Crippen molar-refractivity contribution in [3.8, 4) is 5.75 Å². The lowest BCUT2D eigenvalue weighted by Gasteiger charge is -2.41. The first-order chi connectivity index (χ1) is 18.8. The Balaban J connectivity index is 1.06. The van der Waals surface area contributed by atoms with Gasteiger partial charge >= 0.3 is 12.1 Å². The summed E-state index contributed by atoms with van der Waals surface area (Å²) in [4.78, 5) is 60.5. The lowest BCUT2D eigenvalue weighted by atomic mass is 10.1. The molecule has 0 radical (unpaired) electrons. The van der Waals surface area contributed by atoms with E-state index in [2.05, 4.69) is 20.6 Å². The van der Waals surface area contributed by atoms with Crippen LogP contribution in [0.4, 0.5) is 22.2 Å². The lowest BCUT2D eigenvalue weighted by Crippen LogP contribution is -2.59. The lowest BCUT2D eigenvalue weighted by molar-refractivity contribution is -0.118. The van der Waals surface area contributed by atoms with E-state index in [0.29, 0.717) is 55.8 Å². The zero-order valence-electron chi connectivity index (χ0n) is 20.9. The standard InChI is InChI=1S/C25H25N7O7/c1-2-30-11-16(24(35)36)21(34)15-3-5-18(28-23(15)30)31-8-13(9-31)26-7-14-10-32(25(37)39-14)19-6-4-17-22(27-19)29-20(33)12-38-17/h3-6,11,13-14,26H,2,7-10,12H2,1H3,(H,35,36)(H,27,29,33). The predicted molar refractivity (Wildman–Crippen MR) is 139 cm³/mol. The van der Waals surface area contributed by atoms with Crippen LogP contribution >= 0.6 is 0 Å². The van der Waals surface area contributed by atoms with Crippen LogP contribution in [0.3, 0.4) is 0 Å². The SMILES string of the molecule is CCn1cc(C(=O)O)c(=O)c2ccc(N3CC(NCC4CN(c5ccc6c(n5)NC(=O)CO6)C(=O)O4)C3)nc21. The molecule has 1 unspecified atom stereocenters. The van der Waals surface area contributed by atoms with Gasteiger partial charge in [0.2, 0.25) is 5.43 Å². The zero-order valence-corrected chi connectivity index (χ0v) is 20.9. The molecule has 0 aromatic carbocycles. The molecular weight excluding hydrogens is 510 g/mol. The molecule has 3 aliphatic rings. The number of nitrogens with one attached hydrogen (secondary N) is 2. The monoisotopic (exact) mass is 535 g/mol. The van der Waals surface area contributed by atoms with Crippen LogP contribution in [0, 0.1) is 0 Å². The number of rotatable bonds is 7. The molecule has 2 fully saturated rings. The van der Waals surface area contributed by atoms with Crippen molar-refractivity contribution in [1.82, 2.24) is 19.9 Å². The molecule has 0 aliphatic carbocycles. The van der Waals surface area contributed by atoms with Crippen LogP contribution in [-0.2, 0) is 16.1 Å². The Hall–Kier alpha value is -4.72. The number of amides is 2. The van der Waals surface area contributed by atoms with E-state index >= 15 is 0 Å². The van der Waals surface area contributed by atoms with Gasteiger partial charge in [0.05, 0.1) is 11.9 Å². The van der Waals surface area contributed by atoms with Crippen LogP contribution < -0.4 is 30.6 Å². The summed E-state index contributed by atoms with van der Waals surface area (Å²) in [5.74, 6) is 0.209. The van der Waals surface area contributed by atoms with Gasteiger partial charge in [0.25, 0.3) is 5.91 Å². The summed E-state index contributed by atoms with van der Waals surface area (Å²) in [5, 5.41) is 15.6. The molecule has 14 nitrogen and oxygen atoms in total. The smallest absolute Gasteiger partial charge is 0.416 e. The molecule has 39 heavy (non-hydrogen) atoms. The summed E-state index contributed by atoms with van der Waals surface area (Å²) in [6.07, 6.45) is 0.442. The Morgan fingerprint density at radius 2 is 1.92 bits per heavy atom. The molecule has 6 heterocycles. The molecule has 6 rings (SSSR count). The summed E-state index contributed by atoms with van der Waals surface area (Å²) in [5.41, 5.74) is -0.379.